The van der Waals surface area contributed by atoms with Gasteiger partial charge in [-0.25, -0.2) is 9.67 Å². The normalized spacial score (nSPS) is 11.5. The molecule has 0 atom stereocenters. The molecule has 0 saturated heterocycles. The van der Waals surface area contributed by atoms with Crippen LogP contribution >= 0.6 is 0 Å². The van der Waals surface area contributed by atoms with Crippen molar-refractivity contribution < 1.29 is 4.52 Å². The van der Waals surface area contributed by atoms with Crippen LogP contribution in [0.3, 0.4) is 0 Å². The number of aromatic nitrogens is 3. The Labute approximate surface area is 147 Å². The van der Waals surface area contributed by atoms with Crippen molar-refractivity contribution in [3.05, 3.63) is 66.3 Å². The van der Waals surface area contributed by atoms with Crippen LogP contribution < -0.4 is 5.32 Å². The summed E-state index contributed by atoms with van der Waals surface area (Å²) in [7, 11) is 2.00. The minimum absolute atomic E-state index is 0.479. The lowest BCUT2D eigenvalue weighted by molar-refractivity contribution is 0.411. The van der Waals surface area contributed by atoms with Crippen LogP contribution in [-0.2, 0) is 13.1 Å². The molecule has 130 valence electrons. The van der Waals surface area contributed by atoms with Crippen LogP contribution in [0.5, 0.6) is 0 Å². The zero-order chi connectivity index (χ0) is 17.5. The van der Waals surface area contributed by atoms with Gasteiger partial charge < -0.3 is 14.7 Å². The highest BCUT2D eigenvalue weighted by molar-refractivity contribution is 5.79. The average Bonchev–Trinajstić information content (AvgIpc) is 3.31. The number of guanidine groups is 1. The van der Waals surface area contributed by atoms with Crippen molar-refractivity contribution in [2.24, 2.45) is 4.99 Å². The summed E-state index contributed by atoms with van der Waals surface area (Å²) in [5.74, 6) is 0.818. The predicted molar refractivity (Wildman–Crippen MR) is 96.3 cm³/mol. The van der Waals surface area contributed by atoms with Crippen molar-refractivity contribution in [3.63, 3.8) is 0 Å². The molecule has 3 aromatic rings. The standard InChI is InChI=1S/C18H22N6O/c1-3-19-18(20-12-16-9-10-25-22-16)23(2)13-15-11-21-24(14-15)17-7-5-4-6-8-17/h4-11,14H,3,12-13H2,1-2H3,(H,19,20). The van der Waals surface area contributed by atoms with Crippen LogP contribution in [0.4, 0.5) is 0 Å². The molecule has 7 nitrogen and oxygen atoms in total. The molecule has 25 heavy (non-hydrogen) atoms. The highest BCUT2D eigenvalue weighted by Crippen LogP contribution is 2.09. The van der Waals surface area contributed by atoms with Crippen LogP contribution in [0.2, 0.25) is 0 Å². The Hall–Kier alpha value is -3.09. The van der Waals surface area contributed by atoms with Gasteiger partial charge in [0.1, 0.15) is 12.0 Å². The summed E-state index contributed by atoms with van der Waals surface area (Å²) in [4.78, 5) is 6.66. The van der Waals surface area contributed by atoms with Crippen molar-refractivity contribution in [1.82, 2.24) is 25.2 Å². The zero-order valence-corrected chi connectivity index (χ0v) is 14.5. The van der Waals surface area contributed by atoms with E-state index in [4.69, 9.17) is 4.52 Å². The van der Waals surface area contributed by atoms with Gasteiger partial charge in [-0.3, -0.25) is 0 Å². The fraction of sp³-hybridized carbons (Fsp3) is 0.278. The maximum Gasteiger partial charge on any atom is 0.194 e. The first kappa shape index (κ1) is 16.8. The van der Waals surface area contributed by atoms with Crippen LogP contribution in [0.1, 0.15) is 18.2 Å². The molecule has 0 spiro atoms. The lowest BCUT2D eigenvalue weighted by Crippen LogP contribution is -2.38. The first-order chi connectivity index (χ1) is 12.3. The summed E-state index contributed by atoms with van der Waals surface area (Å²) in [5.41, 5.74) is 2.96. The molecule has 0 unspecified atom stereocenters. The molecular formula is C18H22N6O. The number of nitrogens with zero attached hydrogens (tertiary/aromatic N) is 5. The first-order valence-corrected chi connectivity index (χ1v) is 8.24. The van der Waals surface area contributed by atoms with E-state index in [-0.39, 0.29) is 0 Å². The van der Waals surface area contributed by atoms with Gasteiger partial charge in [0, 0.05) is 38.0 Å². The van der Waals surface area contributed by atoms with E-state index in [1.165, 1.54) is 0 Å². The fourth-order valence-electron chi connectivity index (χ4n) is 2.46. The summed E-state index contributed by atoms with van der Waals surface area (Å²) in [5, 5.41) is 11.6. The smallest absolute Gasteiger partial charge is 0.194 e. The van der Waals surface area contributed by atoms with E-state index >= 15 is 0 Å². The summed E-state index contributed by atoms with van der Waals surface area (Å²) < 4.78 is 6.72. The minimum atomic E-state index is 0.479. The van der Waals surface area contributed by atoms with Crippen molar-refractivity contribution in [1.29, 1.82) is 0 Å². The van der Waals surface area contributed by atoms with Crippen LogP contribution in [-0.4, -0.2) is 39.4 Å². The van der Waals surface area contributed by atoms with Crippen LogP contribution in [0.25, 0.3) is 5.69 Å². The monoisotopic (exact) mass is 338 g/mol. The predicted octanol–water partition coefficient (Wildman–Crippen LogP) is 2.46. The Balaban J connectivity index is 1.67. The number of nitrogens with one attached hydrogen (secondary N) is 1. The number of hydrogen-bond acceptors (Lipinski definition) is 4. The quantitative estimate of drug-likeness (QED) is 0.552. The molecule has 0 radical (unpaired) electrons. The molecule has 3 rings (SSSR count). The highest BCUT2D eigenvalue weighted by Gasteiger charge is 2.09. The number of hydrogen-bond donors (Lipinski definition) is 1. The second-order valence-corrected chi connectivity index (χ2v) is 5.65. The molecule has 0 bridgehead atoms. The van der Waals surface area contributed by atoms with Crippen molar-refractivity contribution in [3.8, 4) is 5.69 Å². The zero-order valence-electron chi connectivity index (χ0n) is 14.5. The summed E-state index contributed by atoms with van der Waals surface area (Å²) in [6.45, 7) is 4.03. The van der Waals surface area contributed by atoms with E-state index in [1.54, 1.807) is 6.26 Å². The molecule has 0 aliphatic heterocycles. The van der Waals surface area contributed by atoms with Crippen LogP contribution in [0.15, 0.2) is 64.6 Å². The van der Waals surface area contributed by atoms with Crippen LogP contribution in [0, 0.1) is 0 Å². The molecule has 1 aromatic carbocycles. The van der Waals surface area contributed by atoms with Gasteiger partial charge in [0.2, 0.25) is 0 Å². The number of aliphatic imine (C=N–C) groups is 1. The van der Waals surface area contributed by atoms with Gasteiger partial charge in [0.05, 0.1) is 18.4 Å². The van der Waals surface area contributed by atoms with E-state index in [0.29, 0.717) is 13.1 Å². The van der Waals surface area contributed by atoms with Crippen molar-refractivity contribution >= 4 is 5.96 Å². The Kier molecular flexibility index (Phi) is 5.46. The van der Waals surface area contributed by atoms with E-state index in [0.717, 1.165) is 29.4 Å². The molecule has 0 fully saturated rings. The van der Waals surface area contributed by atoms with E-state index < -0.39 is 0 Å². The summed E-state index contributed by atoms with van der Waals surface area (Å²) in [6.07, 6.45) is 5.47. The minimum Gasteiger partial charge on any atom is -0.364 e. The molecule has 0 amide bonds. The average molecular weight is 338 g/mol. The molecule has 0 aliphatic carbocycles. The number of benzene rings is 1. The summed E-state index contributed by atoms with van der Waals surface area (Å²) >= 11 is 0. The lowest BCUT2D eigenvalue weighted by atomic mass is 10.3. The van der Waals surface area contributed by atoms with Gasteiger partial charge in [-0.2, -0.15) is 5.10 Å². The maximum atomic E-state index is 4.84. The third-order valence-electron chi connectivity index (χ3n) is 3.66. The van der Waals surface area contributed by atoms with Gasteiger partial charge in [-0.05, 0) is 19.1 Å². The molecular weight excluding hydrogens is 316 g/mol. The van der Waals surface area contributed by atoms with E-state index in [9.17, 15) is 0 Å². The molecule has 1 N–H and O–H groups in total. The molecule has 2 heterocycles. The largest absolute Gasteiger partial charge is 0.364 e. The van der Waals surface area contributed by atoms with Gasteiger partial charge in [-0.1, -0.05) is 23.4 Å². The molecule has 0 saturated carbocycles. The Morgan fingerprint density at radius 3 is 2.84 bits per heavy atom. The van der Waals surface area contributed by atoms with Gasteiger partial charge in [0.15, 0.2) is 5.96 Å². The van der Waals surface area contributed by atoms with Crippen molar-refractivity contribution in [2.75, 3.05) is 13.6 Å². The highest BCUT2D eigenvalue weighted by atomic mass is 16.5. The topological polar surface area (TPSA) is 71.5 Å². The van der Waals surface area contributed by atoms with E-state index in [1.807, 2.05) is 67.4 Å². The molecule has 2 aromatic heterocycles. The third kappa shape index (κ3) is 4.47. The van der Waals surface area contributed by atoms with Crippen molar-refractivity contribution in [2.45, 2.75) is 20.0 Å². The second kappa shape index (κ2) is 8.14. The SMILES string of the molecule is CCNC(=NCc1ccon1)N(C)Cc1cnn(-c2ccccc2)c1. The molecule has 0 aliphatic rings. The number of para-hydroxylation sites is 1. The van der Waals surface area contributed by atoms with Gasteiger partial charge >= 0.3 is 0 Å². The summed E-state index contributed by atoms with van der Waals surface area (Å²) in [6, 6.07) is 11.9. The second-order valence-electron chi connectivity index (χ2n) is 5.65. The maximum absolute atomic E-state index is 4.84. The Bertz CT molecular complexity index is 794. The molecule has 7 heteroatoms. The fourth-order valence-corrected chi connectivity index (χ4v) is 2.46. The first-order valence-electron chi connectivity index (χ1n) is 8.24. The Morgan fingerprint density at radius 2 is 2.12 bits per heavy atom. The lowest BCUT2D eigenvalue weighted by Gasteiger charge is -2.21. The third-order valence-corrected chi connectivity index (χ3v) is 3.66. The van der Waals surface area contributed by atoms with E-state index in [2.05, 4.69) is 25.5 Å². The van der Waals surface area contributed by atoms with Gasteiger partial charge in [0.25, 0.3) is 0 Å². The van der Waals surface area contributed by atoms with Gasteiger partial charge in [-0.15, -0.1) is 0 Å². The number of rotatable bonds is 6. The Morgan fingerprint density at radius 1 is 1.28 bits per heavy atom.